The lowest BCUT2D eigenvalue weighted by atomic mass is 10.1. The number of alkyl halides is 1. The minimum absolute atomic E-state index is 0.0453. The van der Waals surface area contributed by atoms with Crippen molar-refractivity contribution in [1.29, 1.82) is 0 Å². The van der Waals surface area contributed by atoms with Crippen LogP contribution in [0.1, 0.15) is 18.4 Å². The molecule has 1 aliphatic carbocycles. The molecule has 0 spiro atoms. The molecular weight excluding hydrogens is 423 g/mol. The topological polar surface area (TPSA) is 86.4 Å². The van der Waals surface area contributed by atoms with Gasteiger partial charge in [-0.3, -0.25) is 8.75 Å². The maximum atomic E-state index is 14.5. The van der Waals surface area contributed by atoms with Crippen LogP contribution in [0.4, 0.5) is 10.3 Å². The molecule has 0 fully saturated rings. The second-order valence-corrected chi connectivity index (χ2v) is 9.24. The highest BCUT2D eigenvalue weighted by Gasteiger charge is 2.21. The molecule has 0 radical (unpaired) electrons. The van der Waals surface area contributed by atoms with Gasteiger partial charge in [0.15, 0.2) is 0 Å². The Labute approximate surface area is 181 Å². The van der Waals surface area contributed by atoms with Gasteiger partial charge in [-0.2, -0.15) is 8.42 Å². The number of anilines is 1. The second-order valence-electron chi connectivity index (χ2n) is 7.62. The molecular formula is C21H27FN4O4S. The quantitative estimate of drug-likeness (QED) is 0.545. The Morgan fingerprint density at radius 2 is 2.00 bits per heavy atom. The van der Waals surface area contributed by atoms with E-state index in [-0.39, 0.29) is 4.90 Å². The van der Waals surface area contributed by atoms with Crippen molar-refractivity contribution in [3.05, 3.63) is 64.1 Å². The first-order chi connectivity index (χ1) is 14.7. The molecule has 8 nitrogen and oxygen atoms in total. The van der Waals surface area contributed by atoms with Gasteiger partial charge < -0.3 is 4.90 Å². The summed E-state index contributed by atoms with van der Waals surface area (Å²) in [5, 5.41) is 4.23. The first-order valence-corrected chi connectivity index (χ1v) is 11.4. The van der Waals surface area contributed by atoms with Gasteiger partial charge in [-0.25, -0.2) is 13.9 Å². The Bertz CT molecular complexity index is 1130. The Morgan fingerprint density at radius 1 is 1.29 bits per heavy atom. The highest BCUT2D eigenvalue weighted by molar-refractivity contribution is 7.86. The third kappa shape index (κ3) is 5.71. The van der Waals surface area contributed by atoms with Crippen molar-refractivity contribution in [3.63, 3.8) is 0 Å². The predicted molar refractivity (Wildman–Crippen MR) is 116 cm³/mol. The molecule has 0 aliphatic heterocycles. The van der Waals surface area contributed by atoms with E-state index in [4.69, 9.17) is 4.18 Å². The van der Waals surface area contributed by atoms with Gasteiger partial charge in [-0.05, 0) is 31.9 Å². The lowest BCUT2D eigenvalue weighted by molar-refractivity contribution is 0.177. The van der Waals surface area contributed by atoms with Crippen LogP contribution in [-0.4, -0.2) is 49.1 Å². The van der Waals surface area contributed by atoms with Crippen molar-refractivity contribution >= 4 is 16.1 Å². The van der Waals surface area contributed by atoms with E-state index in [1.54, 1.807) is 19.2 Å². The fourth-order valence-electron chi connectivity index (χ4n) is 3.26. The molecule has 1 unspecified atom stereocenters. The summed E-state index contributed by atoms with van der Waals surface area (Å²) in [6.45, 7) is 1.32. The van der Waals surface area contributed by atoms with Crippen LogP contribution in [0.3, 0.4) is 0 Å². The SMILES string of the molecule is Cc1ccc(S(=O)(=O)OCC(F)Cn2nc(N(C)CC3=CC=CCC3)n(C)c2=O)cc1. The Morgan fingerprint density at radius 3 is 2.65 bits per heavy atom. The number of rotatable bonds is 9. The highest BCUT2D eigenvalue weighted by Crippen LogP contribution is 2.16. The van der Waals surface area contributed by atoms with E-state index in [1.807, 2.05) is 31.0 Å². The molecule has 0 saturated heterocycles. The maximum Gasteiger partial charge on any atom is 0.347 e. The lowest BCUT2D eigenvalue weighted by Crippen LogP contribution is -2.29. The minimum Gasteiger partial charge on any atom is -0.340 e. The monoisotopic (exact) mass is 450 g/mol. The van der Waals surface area contributed by atoms with Gasteiger partial charge in [-0.1, -0.05) is 41.5 Å². The summed E-state index contributed by atoms with van der Waals surface area (Å²) in [7, 11) is -0.697. The zero-order valence-electron chi connectivity index (χ0n) is 17.9. The van der Waals surface area contributed by atoms with Crippen LogP contribution >= 0.6 is 0 Å². The van der Waals surface area contributed by atoms with E-state index in [0.717, 1.165) is 23.1 Å². The summed E-state index contributed by atoms with van der Waals surface area (Å²) in [5.41, 5.74) is 1.63. The van der Waals surface area contributed by atoms with Crippen molar-refractivity contribution < 1.29 is 17.0 Å². The third-order valence-corrected chi connectivity index (χ3v) is 6.28. The third-order valence-electron chi connectivity index (χ3n) is 4.98. The van der Waals surface area contributed by atoms with E-state index in [0.29, 0.717) is 12.5 Å². The molecule has 3 rings (SSSR count). The fourth-order valence-corrected chi connectivity index (χ4v) is 4.20. The standard InChI is InChI=1S/C21H27FN4O4S/c1-16-9-11-19(12-10-16)31(28,29)30-15-18(22)14-26-21(27)25(3)20(23-26)24(2)13-17-7-5-4-6-8-17/h4-5,7,9-12,18H,6,8,13-15H2,1-3H3. The first kappa shape index (κ1) is 23.0. The van der Waals surface area contributed by atoms with Gasteiger partial charge in [-0.15, -0.1) is 5.10 Å². The molecule has 0 saturated carbocycles. The molecule has 1 aromatic carbocycles. The molecule has 168 valence electrons. The fraction of sp³-hybridized carbons (Fsp3) is 0.429. The van der Waals surface area contributed by atoms with Gasteiger partial charge in [0, 0.05) is 20.6 Å². The van der Waals surface area contributed by atoms with Crippen LogP contribution in [0, 0.1) is 6.92 Å². The Hall–Kier alpha value is -2.72. The molecule has 1 aromatic heterocycles. The van der Waals surface area contributed by atoms with E-state index >= 15 is 0 Å². The molecule has 2 aromatic rings. The number of hydrogen-bond donors (Lipinski definition) is 0. The number of halogens is 1. The van der Waals surface area contributed by atoms with E-state index in [1.165, 1.54) is 22.3 Å². The summed E-state index contributed by atoms with van der Waals surface area (Å²) < 4.78 is 46.1. The van der Waals surface area contributed by atoms with Gasteiger partial charge in [0.2, 0.25) is 5.95 Å². The molecule has 1 heterocycles. The van der Waals surface area contributed by atoms with Crippen LogP contribution in [0.25, 0.3) is 0 Å². The molecule has 0 bridgehead atoms. The summed E-state index contributed by atoms with van der Waals surface area (Å²) in [4.78, 5) is 14.2. The van der Waals surface area contributed by atoms with Crippen LogP contribution in [0.5, 0.6) is 0 Å². The number of aromatic nitrogens is 3. The van der Waals surface area contributed by atoms with Crippen molar-refractivity contribution in [3.8, 4) is 0 Å². The van der Waals surface area contributed by atoms with Crippen molar-refractivity contribution in [2.45, 2.75) is 37.4 Å². The zero-order chi connectivity index (χ0) is 22.6. The van der Waals surface area contributed by atoms with Gasteiger partial charge >= 0.3 is 5.69 Å². The average Bonchev–Trinajstić information content (AvgIpc) is 3.02. The van der Waals surface area contributed by atoms with Gasteiger partial charge in [0.25, 0.3) is 10.1 Å². The lowest BCUT2D eigenvalue weighted by Gasteiger charge is -2.20. The summed E-state index contributed by atoms with van der Waals surface area (Å²) in [6, 6.07) is 6.07. The predicted octanol–water partition coefficient (Wildman–Crippen LogP) is 2.35. The largest absolute Gasteiger partial charge is 0.347 e. The molecule has 0 N–H and O–H groups in total. The minimum atomic E-state index is -4.08. The zero-order valence-corrected chi connectivity index (χ0v) is 18.7. The van der Waals surface area contributed by atoms with E-state index < -0.39 is 35.1 Å². The molecule has 1 aliphatic rings. The van der Waals surface area contributed by atoms with Crippen LogP contribution in [0.15, 0.2) is 57.8 Å². The van der Waals surface area contributed by atoms with Gasteiger partial charge in [0.05, 0.1) is 18.0 Å². The van der Waals surface area contributed by atoms with Crippen LogP contribution < -0.4 is 10.6 Å². The normalized spacial score (nSPS) is 15.0. The average molecular weight is 451 g/mol. The number of allylic oxidation sites excluding steroid dienone is 3. The summed E-state index contributed by atoms with van der Waals surface area (Å²) in [5.74, 6) is 0.404. The molecule has 31 heavy (non-hydrogen) atoms. The summed E-state index contributed by atoms with van der Waals surface area (Å²) in [6.07, 6.45) is 6.33. The second kappa shape index (κ2) is 9.61. The van der Waals surface area contributed by atoms with Crippen LogP contribution in [0.2, 0.25) is 0 Å². The molecule has 0 amide bonds. The first-order valence-electron chi connectivity index (χ1n) is 9.97. The Kier molecular flexibility index (Phi) is 7.11. The van der Waals surface area contributed by atoms with Crippen molar-refractivity contribution in [2.75, 3.05) is 25.1 Å². The van der Waals surface area contributed by atoms with E-state index in [9.17, 15) is 17.6 Å². The number of aryl methyl sites for hydroxylation is 1. The number of benzene rings is 1. The van der Waals surface area contributed by atoms with Crippen LogP contribution in [-0.2, 0) is 27.9 Å². The Balaban J connectivity index is 1.63. The maximum absolute atomic E-state index is 14.5. The highest BCUT2D eigenvalue weighted by atomic mass is 32.2. The molecule has 10 heteroatoms. The smallest absolute Gasteiger partial charge is 0.340 e. The van der Waals surface area contributed by atoms with Gasteiger partial charge in [0.1, 0.15) is 6.17 Å². The number of nitrogens with zero attached hydrogens (tertiary/aromatic N) is 4. The van der Waals surface area contributed by atoms with Crippen molar-refractivity contribution in [2.24, 2.45) is 7.05 Å². The van der Waals surface area contributed by atoms with E-state index in [2.05, 4.69) is 11.2 Å². The number of likely N-dealkylation sites (N-methyl/N-ethyl adjacent to an activating group) is 1. The molecule has 1 atom stereocenters. The number of hydrogen-bond acceptors (Lipinski definition) is 6. The summed E-state index contributed by atoms with van der Waals surface area (Å²) >= 11 is 0. The van der Waals surface area contributed by atoms with Crippen molar-refractivity contribution in [1.82, 2.24) is 14.3 Å².